The van der Waals surface area contributed by atoms with Crippen molar-refractivity contribution in [1.82, 2.24) is 4.72 Å². The van der Waals surface area contributed by atoms with Crippen molar-refractivity contribution in [3.8, 4) is 11.8 Å². The number of hydrogen-bond acceptors (Lipinski definition) is 5. The van der Waals surface area contributed by atoms with E-state index in [-0.39, 0.29) is 18.4 Å². The molecule has 22 heavy (non-hydrogen) atoms. The van der Waals surface area contributed by atoms with Gasteiger partial charge in [0.15, 0.2) is 5.78 Å². The average molecular weight is 321 g/mol. The lowest BCUT2D eigenvalue weighted by atomic mass is 10.1. The molecule has 0 aliphatic rings. The zero-order valence-corrected chi connectivity index (χ0v) is 14.0. The third-order valence-corrected chi connectivity index (χ3v) is 3.28. The second kappa shape index (κ2) is 11.3. The van der Waals surface area contributed by atoms with E-state index in [0.29, 0.717) is 19.8 Å². The summed E-state index contributed by atoms with van der Waals surface area (Å²) >= 11 is 4.05. The highest BCUT2D eigenvalue weighted by atomic mass is 32.1. The van der Waals surface area contributed by atoms with E-state index in [9.17, 15) is 4.79 Å². The number of Topliss-reactive ketones (excluding diaryl/α,β-unsaturated/α-hetero) is 1. The lowest BCUT2D eigenvalue weighted by molar-refractivity contribution is -0.121. The molecule has 0 aliphatic heterocycles. The number of benzene rings is 1. The standard InChI is InChI=1S/C17H23NO3S/c1-14(19)13-21-12-4-11-20-10-3-5-16-6-8-17(9-7-16)15(2)18-22/h6-9,15,18,22H,4,10-13H2,1-2H3/t15-/m1/s1. The van der Waals surface area contributed by atoms with Crippen LogP contribution in [0, 0.1) is 11.8 Å². The highest BCUT2D eigenvalue weighted by molar-refractivity contribution is 7.78. The minimum Gasteiger partial charge on any atom is -0.374 e. The monoisotopic (exact) mass is 321 g/mol. The number of carbonyl (C=O) groups is 1. The SMILES string of the molecule is CC(=O)COCCCOCC#Cc1ccc([C@@H](C)NS)cc1. The Labute approximate surface area is 138 Å². The third-order valence-electron chi connectivity index (χ3n) is 2.89. The van der Waals surface area contributed by atoms with Crippen molar-refractivity contribution < 1.29 is 14.3 Å². The fraction of sp³-hybridized carbons (Fsp3) is 0.471. The van der Waals surface area contributed by atoms with Gasteiger partial charge in [-0.05, 0) is 38.0 Å². The van der Waals surface area contributed by atoms with E-state index < -0.39 is 0 Å². The van der Waals surface area contributed by atoms with Gasteiger partial charge in [-0.2, -0.15) is 0 Å². The normalized spacial score (nSPS) is 11.6. The summed E-state index contributed by atoms with van der Waals surface area (Å²) in [4.78, 5) is 10.6. The van der Waals surface area contributed by atoms with Crippen LogP contribution in [0.2, 0.25) is 0 Å². The first-order valence-electron chi connectivity index (χ1n) is 7.27. The number of rotatable bonds is 9. The largest absolute Gasteiger partial charge is 0.374 e. The van der Waals surface area contributed by atoms with Gasteiger partial charge < -0.3 is 9.47 Å². The van der Waals surface area contributed by atoms with Crippen LogP contribution in [0.1, 0.15) is 37.4 Å². The molecule has 0 unspecified atom stereocenters. The predicted molar refractivity (Wildman–Crippen MR) is 90.8 cm³/mol. The third kappa shape index (κ3) is 8.20. The first-order chi connectivity index (χ1) is 10.6. The van der Waals surface area contributed by atoms with Crippen LogP contribution in [0.15, 0.2) is 24.3 Å². The van der Waals surface area contributed by atoms with E-state index in [1.54, 1.807) is 0 Å². The van der Waals surface area contributed by atoms with Crippen LogP contribution in [-0.4, -0.2) is 32.2 Å². The molecule has 1 aromatic carbocycles. The molecule has 0 heterocycles. The Bertz CT molecular complexity index is 505. The summed E-state index contributed by atoms with van der Waals surface area (Å²) in [6, 6.07) is 8.24. The molecule has 0 amide bonds. The Kier molecular flexibility index (Phi) is 9.60. The Morgan fingerprint density at radius 2 is 1.95 bits per heavy atom. The first kappa shape index (κ1) is 18.7. The lowest BCUT2D eigenvalue weighted by Gasteiger charge is -2.08. The lowest BCUT2D eigenvalue weighted by Crippen LogP contribution is -2.07. The number of ether oxygens (including phenoxy) is 2. The zero-order chi connectivity index (χ0) is 16.2. The molecule has 1 atom stereocenters. The zero-order valence-electron chi connectivity index (χ0n) is 13.1. The Balaban J connectivity index is 2.18. The summed E-state index contributed by atoms with van der Waals surface area (Å²) in [5, 5.41) is 0. The second-order valence-corrected chi connectivity index (χ2v) is 5.19. The van der Waals surface area contributed by atoms with E-state index in [4.69, 9.17) is 9.47 Å². The molecule has 0 spiro atoms. The van der Waals surface area contributed by atoms with E-state index in [1.807, 2.05) is 31.2 Å². The number of carbonyl (C=O) groups excluding carboxylic acids is 1. The van der Waals surface area contributed by atoms with Crippen molar-refractivity contribution >= 4 is 18.6 Å². The molecule has 4 nitrogen and oxygen atoms in total. The van der Waals surface area contributed by atoms with E-state index in [2.05, 4.69) is 29.4 Å². The fourth-order valence-corrected chi connectivity index (χ4v) is 1.82. The van der Waals surface area contributed by atoms with Crippen LogP contribution in [0.25, 0.3) is 0 Å². The van der Waals surface area contributed by atoms with Crippen LogP contribution < -0.4 is 4.72 Å². The van der Waals surface area contributed by atoms with Crippen molar-refractivity contribution in [3.05, 3.63) is 35.4 Å². The number of thiol groups is 1. The molecule has 120 valence electrons. The molecule has 0 saturated carbocycles. The van der Waals surface area contributed by atoms with Gasteiger partial charge in [-0.25, -0.2) is 0 Å². The topological polar surface area (TPSA) is 47.6 Å². The predicted octanol–water partition coefficient (Wildman–Crippen LogP) is 2.55. The first-order valence-corrected chi connectivity index (χ1v) is 7.71. The maximum absolute atomic E-state index is 10.6. The van der Waals surface area contributed by atoms with Gasteiger partial charge in [0, 0.05) is 18.2 Å². The van der Waals surface area contributed by atoms with Crippen molar-refractivity contribution in [2.24, 2.45) is 0 Å². The summed E-state index contributed by atoms with van der Waals surface area (Å²) in [6.45, 7) is 5.23. The molecule has 0 radical (unpaired) electrons. The molecule has 0 saturated heterocycles. The summed E-state index contributed by atoms with van der Waals surface area (Å²) < 4.78 is 13.4. The molecule has 0 aromatic heterocycles. The van der Waals surface area contributed by atoms with E-state index in [0.717, 1.165) is 12.0 Å². The van der Waals surface area contributed by atoms with Crippen molar-refractivity contribution in [3.63, 3.8) is 0 Å². The number of nitrogens with one attached hydrogen (secondary N) is 1. The van der Waals surface area contributed by atoms with Crippen molar-refractivity contribution in [1.29, 1.82) is 0 Å². The Morgan fingerprint density at radius 1 is 1.27 bits per heavy atom. The summed E-state index contributed by atoms with van der Waals surface area (Å²) in [7, 11) is 0. The van der Waals surface area contributed by atoms with Gasteiger partial charge in [-0.3, -0.25) is 9.52 Å². The smallest absolute Gasteiger partial charge is 0.155 e. The second-order valence-electron chi connectivity index (χ2n) is 4.94. The molecule has 0 aliphatic carbocycles. The molecule has 0 bridgehead atoms. The van der Waals surface area contributed by atoms with Gasteiger partial charge in [0.1, 0.15) is 13.2 Å². The van der Waals surface area contributed by atoms with Crippen molar-refractivity contribution in [2.45, 2.75) is 26.3 Å². The minimum atomic E-state index is 0.0392. The number of ketones is 1. The quantitative estimate of drug-likeness (QED) is 0.417. The van der Waals surface area contributed by atoms with Gasteiger partial charge in [0.05, 0.1) is 6.61 Å². The molecule has 1 N–H and O–H groups in total. The number of hydrogen-bond donors (Lipinski definition) is 2. The minimum absolute atomic E-state index is 0.0392. The van der Waals surface area contributed by atoms with Crippen LogP contribution in [0.4, 0.5) is 0 Å². The van der Waals surface area contributed by atoms with Crippen LogP contribution in [0.5, 0.6) is 0 Å². The van der Waals surface area contributed by atoms with Crippen LogP contribution in [0.3, 0.4) is 0 Å². The Morgan fingerprint density at radius 3 is 2.59 bits per heavy atom. The highest BCUT2D eigenvalue weighted by Crippen LogP contribution is 2.13. The molecular formula is C17H23NO3S. The van der Waals surface area contributed by atoms with Gasteiger partial charge in [-0.1, -0.05) is 36.8 Å². The van der Waals surface area contributed by atoms with Crippen LogP contribution in [-0.2, 0) is 14.3 Å². The van der Waals surface area contributed by atoms with E-state index >= 15 is 0 Å². The fourth-order valence-electron chi connectivity index (χ4n) is 1.67. The highest BCUT2D eigenvalue weighted by Gasteiger charge is 2.01. The summed E-state index contributed by atoms with van der Waals surface area (Å²) in [6.07, 6.45) is 0.762. The molecule has 1 aromatic rings. The van der Waals surface area contributed by atoms with E-state index in [1.165, 1.54) is 12.5 Å². The maximum atomic E-state index is 10.6. The molecular weight excluding hydrogens is 298 g/mol. The maximum Gasteiger partial charge on any atom is 0.155 e. The van der Waals surface area contributed by atoms with Gasteiger partial charge in [0.2, 0.25) is 0 Å². The van der Waals surface area contributed by atoms with Gasteiger partial charge in [-0.15, -0.1) is 0 Å². The molecule has 1 rings (SSSR count). The molecule has 5 heteroatoms. The summed E-state index contributed by atoms with van der Waals surface area (Å²) in [5.74, 6) is 6.07. The van der Waals surface area contributed by atoms with Gasteiger partial charge >= 0.3 is 0 Å². The molecule has 0 fully saturated rings. The van der Waals surface area contributed by atoms with Crippen molar-refractivity contribution in [2.75, 3.05) is 26.4 Å². The average Bonchev–Trinajstić information content (AvgIpc) is 2.53. The van der Waals surface area contributed by atoms with Crippen LogP contribution >= 0.6 is 12.8 Å². The summed E-state index contributed by atoms with van der Waals surface area (Å²) in [5.41, 5.74) is 2.13. The Hall–Kier alpha value is -1.32. The van der Waals surface area contributed by atoms with Gasteiger partial charge in [0.25, 0.3) is 0 Å².